The highest BCUT2D eigenvalue weighted by Gasteiger charge is 2.30. The van der Waals surface area contributed by atoms with E-state index in [1.807, 2.05) is 30.3 Å². The summed E-state index contributed by atoms with van der Waals surface area (Å²) in [6, 6.07) is 17.5. The molecule has 2 aromatic carbocycles. The minimum absolute atomic E-state index is 0.259. The Bertz CT molecular complexity index is 678. The molecular formula is C19H21NO4S. The molecule has 0 radical (unpaired) electrons. The van der Waals surface area contributed by atoms with Crippen molar-refractivity contribution in [3.63, 3.8) is 0 Å². The Hall–Kier alpha value is -2.31. The van der Waals surface area contributed by atoms with E-state index in [4.69, 9.17) is 4.84 Å². The average molecular weight is 359 g/mol. The predicted molar refractivity (Wildman–Crippen MR) is 98.5 cm³/mol. The van der Waals surface area contributed by atoms with Gasteiger partial charge in [-0.1, -0.05) is 48.5 Å². The molecule has 132 valence electrons. The quantitative estimate of drug-likeness (QED) is 0.550. The van der Waals surface area contributed by atoms with Gasteiger partial charge in [0.05, 0.1) is 7.11 Å². The molecule has 1 amide bonds. The third-order valence-electron chi connectivity index (χ3n) is 3.64. The number of rotatable bonds is 9. The largest absolute Gasteiger partial charge is 0.480 e. The first-order valence-electron chi connectivity index (χ1n) is 7.90. The predicted octanol–water partition coefficient (Wildman–Crippen LogP) is 3.12. The number of carbonyl (C=O) groups excluding carboxylic acids is 1. The van der Waals surface area contributed by atoms with Crippen molar-refractivity contribution in [1.82, 2.24) is 5.06 Å². The fraction of sp³-hybridized carbons (Fsp3) is 0.263. The normalized spacial score (nSPS) is 11.7. The van der Waals surface area contributed by atoms with Gasteiger partial charge in [0, 0.05) is 11.3 Å². The second-order valence-corrected chi connectivity index (χ2v) is 6.49. The van der Waals surface area contributed by atoms with Gasteiger partial charge in [0.15, 0.2) is 6.04 Å². The molecule has 0 unspecified atom stereocenters. The van der Waals surface area contributed by atoms with Crippen LogP contribution in [-0.4, -0.2) is 46.7 Å². The number of carboxylic acids is 1. The van der Waals surface area contributed by atoms with Gasteiger partial charge in [-0.05, 0) is 29.9 Å². The summed E-state index contributed by atoms with van der Waals surface area (Å²) in [6.45, 7) is 0. The van der Waals surface area contributed by atoms with Crippen molar-refractivity contribution in [3.8, 4) is 0 Å². The van der Waals surface area contributed by atoms with Crippen LogP contribution in [0.1, 0.15) is 15.9 Å². The molecule has 0 aliphatic heterocycles. The summed E-state index contributed by atoms with van der Waals surface area (Å²) < 4.78 is 0. The van der Waals surface area contributed by atoms with Crippen molar-refractivity contribution in [2.24, 2.45) is 0 Å². The zero-order valence-electron chi connectivity index (χ0n) is 14.0. The number of nitrogens with zero attached hydrogens (tertiary/aromatic N) is 1. The summed E-state index contributed by atoms with van der Waals surface area (Å²) in [4.78, 5) is 29.2. The highest BCUT2D eigenvalue weighted by molar-refractivity contribution is 7.99. The number of thioether (sulfide) groups is 1. The molecule has 0 aliphatic carbocycles. The van der Waals surface area contributed by atoms with Crippen molar-refractivity contribution in [3.05, 3.63) is 71.8 Å². The lowest BCUT2D eigenvalue weighted by Gasteiger charge is -2.26. The van der Waals surface area contributed by atoms with Gasteiger partial charge in [0.25, 0.3) is 5.91 Å². The molecule has 2 rings (SSSR count). The van der Waals surface area contributed by atoms with Gasteiger partial charge in [-0.2, -0.15) is 11.8 Å². The average Bonchev–Trinajstić information content (AvgIpc) is 2.65. The lowest BCUT2D eigenvalue weighted by molar-refractivity contribution is -0.163. The monoisotopic (exact) mass is 359 g/mol. The van der Waals surface area contributed by atoms with Crippen LogP contribution in [-0.2, 0) is 16.1 Å². The van der Waals surface area contributed by atoms with Gasteiger partial charge >= 0.3 is 5.97 Å². The first-order valence-corrected chi connectivity index (χ1v) is 9.06. The third-order valence-corrected chi connectivity index (χ3v) is 4.68. The van der Waals surface area contributed by atoms with Crippen molar-refractivity contribution in [1.29, 1.82) is 0 Å². The fourth-order valence-corrected chi connectivity index (χ4v) is 3.38. The van der Waals surface area contributed by atoms with Crippen LogP contribution in [0.15, 0.2) is 60.7 Å². The molecule has 0 aliphatic rings. The van der Waals surface area contributed by atoms with E-state index >= 15 is 0 Å². The van der Waals surface area contributed by atoms with Crippen LogP contribution < -0.4 is 0 Å². The van der Waals surface area contributed by atoms with Crippen molar-refractivity contribution < 1.29 is 19.5 Å². The van der Waals surface area contributed by atoms with Crippen LogP contribution in [0.4, 0.5) is 0 Å². The zero-order valence-corrected chi connectivity index (χ0v) is 14.8. The molecule has 0 heterocycles. The number of hydrogen-bond donors (Lipinski definition) is 1. The first-order chi connectivity index (χ1) is 12.1. The van der Waals surface area contributed by atoms with Gasteiger partial charge in [-0.3, -0.25) is 9.63 Å². The summed E-state index contributed by atoms with van der Waals surface area (Å²) in [5.41, 5.74) is 1.59. The van der Waals surface area contributed by atoms with E-state index in [0.717, 1.165) is 17.2 Å². The smallest absolute Gasteiger partial charge is 0.329 e. The molecule has 1 N–H and O–H groups in total. The molecule has 0 aromatic heterocycles. The van der Waals surface area contributed by atoms with Crippen LogP contribution in [0.2, 0.25) is 0 Å². The van der Waals surface area contributed by atoms with E-state index in [0.29, 0.717) is 5.56 Å². The molecule has 0 saturated heterocycles. The number of hydroxylamine groups is 2. The summed E-state index contributed by atoms with van der Waals surface area (Å²) in [5.74, 6) is -0.517. The molecule has 0 saturated carbocycles. The zero-order chi connectivity index (χ0) is 18.1. The van der Waals surface area contributed by atoms with Crippen molar-refractivity contribution >= 4 is 23.6 Å². The molecule has 6 heteroatoms. The molecule has 5 nitrogen and oxygen atoms in total. The van der Waals surface area contributed by atoms with Crippen LogP contribution in [0.3, 0.4) is 0 Å². The van der Waals surface area contributed by atoms with E-state index in [2.05, 4.69) is 0 Å². The van der Waals surface area contributed by atoms with Crippen molar-refractivity contribution in [2.75, 3.05) is 18.6 Å². The molecule has 0 spiro atoms. The highest BCUT2D eigenvalue weighted by atomic mass is 32.2. The van der Waals surface area contributed by atoms with Crippen LogP contribution in [0.5, 0.6) is 0 Å². The lowest BCUT2D eigenvalue weighted by atomic mass is 10.2. The summed E-state index contributed by atoms with van der Waals surface area (Å²) in [7, 11) is 1.31. The van der Waals surface area contributed by atoms with E-state index < -0.39 is 17.9 Å². The number of amides is 1. The molecule has 25 heavy (non-hydrogen) atoms. The number of hydrogen-bond acceptors (Lipinski definition) is 4. The second-order valence-electron chi connectivity index (χ2n) is 5.34. The maximum absolute atomic E-state index is 12.5. The first kappa shape index (κ1) is 19.0. The van der Waals surface area contributed by atoms with Crippen LogP contribution >= 0.6 is 11.8 Å². The topological polar surface area (TPSA) is 66.8 Å². The van der Waals surface area contributed by atoms with Crippen LogP contribution in [0.25, 0.3) is 0 Å². The van der Waals surface area contributed by atoms with Gasteiger partial charge in [-0.15, -0.1) is 0 Å². The highest BCUT2D eigenvalue weighted by Crippen LogP contribution is 2.15. The fourth-order valence-electron chi connectivity index (χ4n) is 2.33. The van der Waals surface area contributed by atoms with Gasteiger partial charge in [0.2, 0.25) is 0 Å². The SMILES string of the molecule is CON(C(=O)c1ccccc1)[C@@H](CSCCc1ccccc1)C(=O)O. The Morgan fingerprint density at radius 1 is 1.08 bits per heavy atom. The number of carboxylic acid groups (broad SMARTS) is 1. The number of benzene rings is 2. The van der Waals surface area contributed by atoms with E-state index in [1.54, 1.807) is 30.3 Å². The number of aryl methyl sites for hydroxylation is 1. The Balaban J connectivity index is 1.95. The third kappa shape index (κ3) is 5.62. The van der Waals surface area contributed by atoms with E-state index in [-0.39, 0.29) is 5.75 Å². The molecule has 2 aromatic rings. The lowest BCUT2D eigenvalue weighted by Crippen LogP contribution is -2.46. The van der Waals surface area contributed by atoms with Crippen LogP contribution in [0, 0.1) is 0 Å². The molecule has 1 atom stereocenters. The maximum Gasteiger partial charge on any atom is 0.329 e. The number of aliphatic carboxylic acids is 1. The Morgan fingerprint density at radius 3 is 2.24 bits per heavy atom. The minimum Gasteiger partial charge on any atom is -0.480 e. The van der Waals surface area contributed by atoms with Crippen molar-refractivity contribution in [2.45, 2.75) is 12.5 Å². The van der Waals surface area contributed by atoms with E-state index in [9.17, 15) is 14.7 Å². The summed E-state index contributed by atoms with van der Waals surface area (Å²) in [6.07, 6.45) is 0.845. The summed E-state index contributed by atoms with van der Waals surface area (Å²) in [5, 5.41) is 10.4. The summed E-state index contributed by atoms with van der Waals surface area (Å²) >= 11 is 1.49. The van der Waals surface area contributed by atoms with E-state index in [1.165, 1.54) is 24.4 Å². The molecule has 0 bridgehead atoms. The Labute approximate surface area is 151 Å². The molecular weight excluding hydrogens is 338 g/mol. The second kappa shape index (κ2) is 9.86. The van der Waals surface area contributed by atoms with Gasteiger partial charge in [0.1, 0.15) is 0 Å². The standard InChI is InChI=1S/C19H21NO4S/c1-24-20(18(21)16-10-6-3-7-11-16)17(19(22)23)14-25-13-12-15-8-4-2-5-9-15/h2-11,17H,12-14H2,1H3,(H,22,23)/t17-/m0/s1. The van der Waals surface area contributed by atoms with Gasteiger partial charge < -0.3 is 5.11 Å². The maximum atomic E-state index is 12.5. The van der Waals surface area contributed by atoms with Gasteiger partial charge in [-0.25, -0.2) is 9.86 Å². The Kier molecular flexibility index (Phi) is 7.50. The molecule has 0 fully saturated rings. The Morgan fingerprint density at radius 2 is 1.68 bits per heavy atom. The minimum atomic E-state index is -1.08. The number of carbonyl (C=O) groups is 2.